The third-order valence-electron chi connectivity index (χ3n) is 3.89. The maximum Gasteiger partial charge on any atom is 0.328 e. The molecule has 0 spiro atoms. The number of hydrogen-bond acceptors (Lipinski definition) is 5. The van der Waals surface area contributed by atoms with Gasteiger partial charge in [-0.15, -0.1) is 0 Å². The lowest BCUT2D eigenvalue weighted by molar-refractivity contribution is -0.384. The topological polar surface area (TPSA) is 102 Å². The van der Waals surface area contributed by atoms with Gasteiger partial charge in [-0.2, -0.15) is 0 Å². The van der Waals surface area contributed by atoms with Gasteiger partial charge in [-0.3, -0.25) is 19.8 Å². The molecule has 0 unspecified atom stereocenters. The van der Waals surface area contributed by atoms with Gasteiger partial charge >= 0.3 is 6.03 Å². The zero-order valence-corrected chi connectivity index (χ0v) is 16.3. The molecule has 0 radical (unpaired) electrons. The van der Waals surface area contributed by atoms with Gasteiger partial charge in [0.1, 0.15) is 18.1 Å². The number of imide groups is 1. The van der Waals surface area contributed by atoms with Crippen molar-refractivity contribution in [1.29, 1.82) is 0 Å². The zero-order chi connectivity index (χ0) is 19.6. The van der Waals surface area contributed by atoms with E-state index in [1.54, 1.807) is 30.3 Å². The number of hydrogen-bond donors (Lipinski definition) is 1. The quantitative estimate of drug-likeness (QED) is 0.233. The monoisotopic (exact) mass is 479 g/mol. The molecule has 3 rings (SSSR count). The number of nitro groups is 1. The van der Waals surface area contributed by atoms with Crippen molar-refractivity contribution >= 4 is 46.3 Å². The summed E-state index contributed by atoms with van der Waals surface area (Å²) in [5.41, 5.74) is 1.81. The molecule has 0 bridgehead atoms. The second-order valence-corrected chi connectivity index (χ2v) is 6.92. The molecule has 27 heavy (non-hydrogen) atoms. The molecule has 0 saturated carbocycles. The van der Waals surface area contributed by atoms with Crippen LogP contribution in [0.15, 0.2) is 48.2 Å². The third-order valence-corrected chi connectivity index (χ3v) is 4.73. The fraction of sp³-hybridized carbons (Fsp3) is 0.111. The molecule has 1 heterocycles. The average Bonchev–Trinajstić information content (AvgIpc) is 2.88. The van der Waals surface area contributed by atoms with Gasteiger partial charge in [-0.1, -0.05) is 6.07 Å². The van der Waals surface area contributed by atoms with Crippen molar-refractivity contribution in [3.8, 4) is 5.75 Å². The Morgan fingerprint density at radius 1 is 1.22 bits per heavy atom. The highest BCUT2D eigenvalue weighted by molar-refractivity contribution is 14.1. The van der Waals surface area contributed by atoms with Gasteiger partial charge in [0.25, 0.3) is 11.6 Å². The van der Waals surface area contributed by atoms with Crippen molar-refractivity contribution in [2.24, 2.45) is 0 Å². The number of benzene rings is 2. The van der Waals surface area contributed by atoms with Gasteiger partial charge in [0.2, 0.25) is 0 Å². The molecule has 9 heteroatoms. The van der Waals surface area contributed by atoms with E-state index in [4.69, 9.17) is 4.74 Å². The van der Waals surface area contributed by atoms with E-state index in [0.717, 1.165) is 19.6 Å². The average molecular weight is 479 g/mol. The van der Waals surface area contributed by atoms with Crippen LogP contribution in [0.5, 0.6) is 5.75 Å². The van der Waals surface area contributed by atoms with E-state index in [2.05, 4.69) is 27.9 Å². The molecule has 1 fully saturated rings. The molecule has 8 nitrogen and oxygen atoms in total. The molecule has 1 aliphatic heterocycles. The highest BCUT2D eigenvalue weighted by Crippen LogP contribution is 2.25. The lowest BCUT2D eigenvalue weighted by Gasteiger charge is -2.09. The number of halogens is 1. The predicted molar refractivity (Wildman–Crippen MR) is 106 cm³/mol. The number of carbonyl (C=O) groups excluding carboxylic acids is 2. The lowest BCUT2D eigenvalue weighted by Crippen LogP contribution is -2.25. The molecular formula is C18H14IN3O5. The lowest BCUT2D eigenvalue weighted by atomic mass is 10.2. The summed E-state index contributed by atoms with van der Waals surface area (Å²) in [5.74, 6) is 0.267. The summed E-state index contributed by atoms with van der Waals surface area (Å²) < 4.78 is 6.59. The van der Waals surface area contributed by atoms with E-state index in [0.29, 0.717) is 5.75 Å². The van der Waals surface area contributed by atoms with E-state index < -0.39 is 11.0 Å². The summed E-state index contributed by atoms with van der Waals surface area (Å²) in [7, 11) is 1.41. The van der Waals surface area contributed by atoms with E-state index in [9.17, 15) is 19.7 Å². The number of nitrogens with zero attached hydrogens (tertiary/aromatic N) is 2. The normalized spacial score (nSPS) is 15.2. The molecule has 2 aromatic carbocycles. The van der Waals surface area contributed by atoms with Crippen LogP contribution in [0.3, 0.4) is 0 Å². The van der Waals surface area contributed by atoms with Gasteiger partial charge in [0.05, 0.1) is 8.49 Å². The van der Waals surface area contributed by atoms with Crippen LogP contribution < -0.4 is 10.1 Å². The Bertz CT molecular complexity index is 956. The largest absolute Gasteiger partial charge is 0.488 e. The number of ether oxygens (including phenoxy) is 1. The molecular weight excluding hydrogens is 465 g/mol. The fourth-order valence-electron chi connectivity index (χ4n) is 2.39. The van der Waals surface area contributed by atoms with Crippen LogP contribution in [0, 0.1) is 13.7 Å². The number of non-ortho nitro benzene ring substituents is 1. The summed E-state index contributed by atoms with van der Waals surface area (Å²) in [6.07, 6.45) is 1.60. The number of carbonyl (C=O) groups is 2. The van der Waals surface area contributed by atoms with Gasteiger partial charge in [0, 0.05) is 19.2 Å². The highest BCUT2D eigenvalue weighted by atomic mass is 127. The van der Waals surface area contributed by atoms with Crippen molar-refractivity contribution in [3.63, 3.8) is 0 Å². The summed E-state index contributed by atoms with van der Waals surface area (Å²) in [6.45, 7) is 0.272. The van der Waals surface area contributed by atoms with Gasteiger partial charge in [-0.25, -0.2) is 4.79 Å². The maximum atomic E-state index is 11.9. The Morgan fingerprint density at radius 2 is 1.93 bits per heavy atom. The molecule has 1 aliphatic rings. The second-order valence-electron chi connectivity index (χ2n) is 5.75. The Morgan fingerprint density at radius 3 is 2.48 bits per heavy atom. The Labute approximate surface area is 168 Å². The fourth-order valence-corrected chi connectivity index (χ4v) is 3.08. The standard InChI is InChI=1S/C18H14IN3O5/c1-21-17(23)15(20-18(21)24)9-12-4-7-16(14(19)8-12)27-10-11-2-5-13(6-3-11)22(25)26/h2-9H,10H2,1H3,(H,20,24)/b15-9+. The van der Waals surface area contributed by atoms with Crippen molar-refractivity contribution in [2.75, 3.05) is 7.05 Å². The van der Waals surface area contributed by atoms with E-state index in [-0.39, 0.29) is 23.9 Å². The van der Waals surface area contributed by atoms with Crippen molar-refractivity contribution in [3.05, 3.63) is 73.0 Å². The van der Waals surface area contributed by atoms with Crippen LogP contribution in [-0.2, 0) is 11.4 Å². The molecule has 1 N–H and O–H groups in total. The van der Waals surface area contributed by atoms with Gasteiger partial charge < -0.3 is 10.1 Å². The molecule has 2 aromatic rings. The van der Waals surface area contributed by atoms with Gasteiger partial charge in [0.15, 0.2) is 0 Å². The molecule has 138 valence electrons. The summed E-state index contributed by atoms with van der Waals surface area (Å²) in [4.78, 5) is 34.6. The molecule has 1 saturated heterocycles. The highest BCUT2D eigenvalue weighted by Gasteiger charge is 2.29. The number of rotatable bonds is 5. The van der Waals surface area contributed by atoms with E-state index >= 15 is 0 Å². The number of urea groups is 1. The number of amides is 3. The summed E-state index contributed by atoms with van der Waals surface area (Å²) in [5, 5.41) is 13.2. The van der Waals surface area contributed by atoms with Crippen LogP contribution in [0.4, 0.5) is 10.5 Å². The first-order valence-electron chi connectivity index (χ1n) is 7.81. The molecule has 0 aliphatic carbocycles. The first-order valence-corrected chi connectivity index (χ1v) is 8.89. The van der Waals surface area contributed by atoms with Crippen LogP contribution in [0.2, 0.25) is 0 Å². The second kappa shape index (κ2) is 7.74. The Balaban J connectivity index is 1.69. The van der Waals surface area contributed by atoms with E-state index in [1.165, 1.54) is 19.2 Å². The Hall–Kier alpha value is -2.95. The van der Waals surface area contributed by atoms with E-state index in [1.807, 2.05) is 6.07 Å². The molecule has 0 aromatic heterocycles. The summed E-state index contributed by atoms with van der Waals surface area (Å²) >= 11 is 2.12. The van der Waals surface area contributed by atoms with Crippen LogP contribution in [0.1, 0.15) is 11.1 Å². The Kier molecular flexibility index (Phi) is 5.40. The summed E-state index contributed by atoms with van der Waals surface area (Å²) in [6, 6.07) is 11.1. The minimum atomic E-state index is -0.455. The number of nitrogens with one attached hydrogen (secondary N) is 1. The predicted octanol–water partition coefficient (Wildman–Crippen LogP) is 3.30. The van der Waals surface area contributed by atoms with Crippen molar-refractivity contribution in [1.82, 2.24) is 10.2 Å². The zero-order valence-electron chi connectivity index (χ0n) is 14.1. The molecule has 0 atom stereocenters. The first-order chi connectivity index (χ1) is 12.8. The maximum absolute atomic E-state index is 11.9. The van der Waals surface area contributed by atoms with Crippen LogP contribution >= 0.6 is 22.6 Å². The molecule has 3 amide bonds. The van der Waals surface area contributed by atoms with Crippen LogP contribution in [-0.4, -0.2) is 28.8 Å². The smallest absolute Gasteiger partial charge is 0.328 e. The SMILES string of the molecule is CN1C(=O)N/C(=C/c2ccc(OCc3ccc([N+](=O)[O-])cc3)c(I)c2)C1=O. The van der Waals surface area contributed by atoms with Crippen molar-refractivity contribution < 1.29 is 19.2 Å². The number of likely N-dealkylation sites (N-methyl/N-ethyl adjacent to an activating group) is 1. The van der Waals surface area contributed by atoms with Gasteiger partial charge in [-0.05, 0) is 64.1 Å². The third kappa shape index (κ3) is 4.25. The first kappa shape index (κ1) is 18.8. The number of nitro benzene ring substituents is 1. The van der Waals surface area contributed by atoms with Crippen molar-refractivity contribution in [2.45, 2.75) is 6.61 Å². The minimum absolute atomic E-state index is 0.0323. The minimum Gasteiger partial charge on any atom is -0.488 e. The van der Waals surface area contributed by atoms with Crippen LogP contribution in [0.25, 0.3) is 6.08 Å².